The first kappa shape index (κ1) is 13.4. The van der Waals surface area contributed by atoms with Crippen LogP contribution in [0.1, 0.15) is 30.7 Å². The molecule has 2 rings (SSSR count). The second-order valence-corrected chi connectivity index (χ2v) is 5.41. The lowest BCUT2D eigenvalue weighted by Gasteiger charge is -2.17. The van der Waals surface area contributed by atoms with E-state index in [1.54, 1.807) is 11.8 Å². The Morgan fingerprint density at radius 3 is 2.72 bits per heavy atom. The van der Waals surface area contributed by atoms with Gasteiger partial charge in [-0.15, -0.1) is 11.8 Å². The molecule has 0 aromatic heterocycles. The number of rotatable bonds is 5. The van der Waals surface area contributed by atoms with E-state index >= 15 is 0 Å². The zero-order chi connectivity index (χ0) is 13.0. The fourth-order valence-corrected chi connectivity index (χ4v) is 2.72. The second-order valence-electron chi connectivity index (χ2n) is 4.53. The summed E-state index contributed by atoms with van der Waals surface area (Å²) < 4.78 is 5.53. The van der Waals surface area contributed by atoms with E-state index in [2.05, 4.69) is 0 Å². The molecule has 0 bridgehead atoms. The van der Waals surface area contributed by atoms with Gasteiger partial charge < -0.3 is 9.84 Å². The molecule has 0 radical (unpaired) electrons. The lowest BCUT2D eigenvalue weighted by molar-refractivity contribution is -0.139. The number of aliphatic carboxylic acids is 1. The molecule has 3 nitrogen and oxygen atoms in total. The molecular formula is C14H18O3S. The van der Waals surface area contributed by atoms with Crippen LogP contribution in [0.3, 0.4) is 0 Å². The molecule has 1 saturated heterocycles. The Morgan fingerprint density at radius 2 is 2.22 bits per heavy atom. The highest BCUT2D eigenvalue weighted by Crippen LogP contribution is 2.28. The average molecular weight is 266 g/mol. The number of carboxylic acid groups (broad SMARTS) is 1. The molecule has 1 N–H and O–H groups in total. The van der Waals surface area contributed by atoms with Crippen molar-refractivity contribution >= 4 is 17.7 Å². The molecule has 0 saturated carbocycles. The van der Waals surface area contributed by atoms with Crippen molar-refractivity contribution in [1.29, 1.82) is 0 Å². The maximum absolute atomic E-state index is 11.4. The average Bonchev–Trinajstić information content (AvgIpc) is 2.89. The van der Waals surface area contributed by atoms with Gasteiger partial charge in [0.15, 0.2) is 0 Å². The molecule has 1 aliphatic heterocycles. The van der Waals surface area contributed by atoms with Crippen LogP contribution in [0.5, 0.6) is 0 Å². The van der Waals surface area contributed by atoms with Gasteiger partial charge in [-0.2, -0.15) is 0 Å². The van der Waals surface area contributed by atoms with Gasteiger partial charge in [0.1, 0.15) is 0 Å². The predicted molar refractivity (Wildman–Crippen MR) is 72.2 cm³/mol. The predicted octanol–water partition coefficient (Wildman–Crippen LogP) is 3.15. The standard InChI is InChI=1S/C14H18O3S/c1-18-12-6-4-10(5-7-12)13(14(15)16)9-11-3-2-8-17-11/h4-7,11,13H,2-3,8-9H2,1H3,(H,15,16)/t11-,13?/m1/s1. The van der Waals surface area contributed by atoms with Crippen LogP contribution in [-0.4, -0.2) is 30.0 Å². The Morgan fingerprint density at radius 1 is 1.50 bits per heavy atom. The van der Waals surface area contributed by atoms with Gasteiger partial charge in [-0.3, -0.25) is 4.79 Å². The third-order valence-corrected chi connectivity index (χ3v) is 4.08. The summed E-state index contributed by atoms with van der Waals surface area (Å²) >= 11 is 1.66. The van der Waals surface area contributed by atoms with E-state index in [1.807, 2.05) is 30.5 Å². The number of thioether (sulfide) groups is 1. The van der Waals surface area contributed by atoms with Crippen LogP contribution in [0.4, 0.5) is 0 Å². The quantitative estimate of drug-likeness (QED) is 0.832. The van der Waals surface area contributed by atoms with Crippen molar-refractivity contribution in [3.63, 3.8) is 0 Å². The third-order valence-electron chi connectivity index (χ3n) is 3.34. The van der Waals surface area contributed by atoms with Gasteiger partial charge in [-0.25, -0.2) is 0 Å². The number of carboxylic acids is 1. The Kier molecular flexibility index (Phi) is 4.66. The molecule has 1 heterocycles. The molecule has 1 aromatic rings. The summed E-state index contributed by atoms with van der Waals surface area (Å²) in [5.41, 5.74) is 0.871. The number of hydrogen-bond donors (Lipinski definition) is 1. The van der Waals surface area contributed by atoms with E-state index in [0.717, 1.165) is 29.9 Å². The number of benzene rings is 1. The SMILES string of the molecule is CSc1ccc(C(C[C@H]2CCCO2)C(=O)O)cc1. The van der Waals surface area contributed by atoms with Gasteiger partial charge in [-0.1, -0.05) is 12.1 Å². The van der Waals surface area contributed by atoms with E-state index in [0.29, 0.717) is 6.42 Å². The minimum atomic E-state index is -0.762. The normalized spacial score (nSPS) is 20.8. The number of ether oxygens (including phenoxy) is 1. The van der Waals surface area contributed by atoms with Gasteiger partial charge in [0.25, 0.3) is 0 Å². The first-order valence-corrected chi connectivity index (χ1v) is 7.41. The van der Waals surface area contributed by atoms with Crippen molar-refractivity contribution in [3.8, 4) is 0 Å². The molecule has 18 heavy (non-hydrogen) atoms. The Labute approximate surface area is 112 Å². The van der Waals surface area contributed by atoms with Crippen molar-refractivity contribution in [2.45, 2.75) is 36.2 Å². The second kappa shape index (κ2) is 6.25. The smallest absolute Gasteiger partial charge is 0.311 e. The van der Waals surface area contributed by atoms with Crippen LogP contribution in [0.2, 0.25) is 0 Å². The summed E-state index contributed by atoms with van der Waals surface area (Å²) in [7, 11) is 0. The molecule has 1 unspecified atom stereocenters. The summed E-state index contributed by atoms with van der Waals surface area (Å²) in [5, 5.41) is 9.35. The summed E-state index contributed by atoms with van der Waals surface area (Å²) in [4.78, 5) is 12.5. The van der Waals surface area contributed by atoms with Crippen molar-refractivity contribution in [1.82, 2.24) is 0 Å². The van der Waals surface area contributed by atoms with Gasteiger partial charge in [-0.05, 0) is 43.2 Å². The largest absolute Gasteiger partial charge is 0.481 e. The van der Waals surface area contributed by atoms with Crippen molar-refractivity contribution in [3.05, 3.63) is 29.8 Å². The molecular weight excluding hydrogens is 248 g/mol. The fourth-order valence-electron chi connectivity index (χ4n) is 2.31. The lowest BCUT2D eigenvalue weighted by Crippen LogP contribution is -2.18. The zero-order valence-electron chi connectivity index (χ0n) is 10.5. The number of hydrogen-bond acceptors (Lipinski definition) is 3. The highest BCUT2D eigenvalue weighted by atomic mass is 32.2. The molecule has 0 aliphatic carbocycles. The molecule has 1 aliphatic rings. The maximum atomic E-state index is 11.4. The van der Waals surface area contributed by atoms with E-state index in [1.165, 1.54) is 0 Å². The highest BCUT2D eigenvalue weighted by molar-refractivity contribution is 7.98. The molecule has 1 fully saturated rings. The fraction of sp³-hybridized carbons (Fsp3) is 0.500. The molecule has 1 aromatic carbocycles. The zero-order valence-corrected chi connectivity index (χ0v) is 11.3. The van der Waals surface area contributed by atoms with Gasteiger partial charge in [0.2, 0.25) is 0 Å². The molecule has 0 amide bonds. The Hall–Kier alpha value is -1.00. The minimum Gasteiger partial charge on any atom is -0.481 e. The van der Waals surface area contributed by atoms with Crippen LogP contribution in [0.15, 0.2) is 29.2 Å². The van der Waals surface area contributed by atoms with Crippen LogP contribution in [0.25, 0.3) is 0 Å². The highest BCUT2D eigenvalue weighted by Gasteiger charge is 2.26. The van der Waals surface area contributed by atoms with Gasteiger partial charge in [0, 0.05) is 11.5 Å². The lowest BCUT2D eigenvalue weighted by atomic mass is 9.92. The number of carbonyl (C=O) groups is 1. The van der Waals surface area contributed by atoms with Crippen molar-refractivity contribution < 1.29 is 14.6 Å². The molecule has 0 spiro atoms. The van der Waals surface area contributed by atoms with Crippen molar-refractivity contribution in [2.75, 3.05) is 12.9 Å². The minimum absolute atomic E-state index is 0.103. The van der Waals surface area contributed by atoms with Crippen LogP contribution < -0.4 is 0 Å². The monoisotopic (exact) mass is 266 g/mol. The molecule has 2 atom stereocenters. The van der Waals surface area contributed by atoms with Crippen LogP contribution in [-0.2, 0) is 9.53 Å². The Bertz CT molecular complexity index is 396. The van der Waals surface area contributed by atoms with Gasteiger partial charge >= 0.3 is 5.97 Å². The van der Waals surface area contributed by atoms with Crippen LogP contribution in [0, 0.1) is 0 Å². The molecule has 98 valence electrons. The maximum Gasteiger partial charge on any atom is 0.311 e. The van der Waals surface area contributed by atoms with E-state index in [4.69, 9.17) is 4.74 Å². The van der Waals surface area contributed by atoms with E-state index in [-0.39, 0.29) is 6.10 Å². The first-order valence-electron chi connectivity index (χ1n) is 6.19. The molecule has 4 heteroatoms. The van der Waals surface area contributed by atoms with E-state index < -0.39 is 11.9 Å². The first-order chi connectivity index (χ1) is 8.70. The van der Waals surface area contributed by atoms with E-state index in [9.17, 15) is 9.90 Å². The summed E-state index contributed by atoms with van der Waals surface area (Å²) in [6.07, 6.45) is 4.71. The Balaban J connectivity index is 2.10. The topological polar surface area (TPSA) is 46.5 Å². The van der Waals surface area contributed by atoms with Crippen LogP contribution >= 0.6 is 11.8 Å². The third kappa shape index (κ3) is 3.27. The van der Waals surface area contributed by atoms with Crippen molar-refractivity contribution in [2.24, 2.45) is 0 Å². The summed E-state index contributed by atoms with van der Waals surface area (Å²) in [6.45, 7) is 0.766. The van der Waals surface area contributed by atoms with Gasteiger partial charge in [0.05, 0.1) is 12.0 Å². The summed E-state index contributed by atoms with van der Waals surface area (Å²) in [6, 6.07) is 7.79. The summed E-state index contributed by atoms with van der Waals surface area (Å²) in [5.74, 6) is -1.22.